The molecule has 2 aromatic rings. The van der Waals surface area contributed by atoms with Crippen LogP contribution in [0.15, 0.2) is 42.5 Å². The molecular formula is C21H28N2. The van der Waals surface area contributed by atoms with Gasteiger partial charge in [0.05, 0.1) is 6.04 Å². The number of hydrogen-bond donors (Lipinski definition) is 1. The minimum Gasteiger partial charge on any atom is -0.315 e. The van der Waals surface area contributed by atoms with Crippen molar-refractivity contribution in [2.24, 2.45) is 0 Å². The van der Waals surface area contributed by atoms with Crippen molar-refractivity contribution < 1.29 is 0 Å². The fourth-order valence-electron chi connectivity index (χ4n) is 3.59. The SMILES string of the molecule is Cc1ccc(C(c2ccc(C)cc2C)N2CCCNCC2)cc1. The van der Waals surface area contributed by atoms with Gasteiger partial charge < -0.3 is 5.32 Å². The lowest BCUT2D eigenvalue weighted by atomic mass is 9.92. The normalized spacial score (nSPS) is 17.7. The first-order valence-corrected chi connectivity index (χ1v) is 8.73. The van der Waals surface area contributed by atoms with Crippen molar-refractivity contribution in [2.75, 3.05) is 26.2 Å². The second kappa shape index (κ2) is 7.29. The minimum absolute atomic E-state index is 0.357. The maximum atomic E-state index is 3.53. The third-order valence-corrected chi connectivity index (χ3v) is 4.85. The van der Waals surface area contributed by atoms with Gasteiger partial charge in [-0.15, -0.1) is 0 Å². The van der Waals surface area contributed by atoms with Crippen LogP contribution < -0.4 is 5.32 Å². The lowest BCUT2D eigenvalue weighted by molar-refractivity contribution is 0.240. The van der Waals surface area contributed by atoms with Crippen LogP contribution in [-0.4, -0.2) is 31.1 Å². The Morgan fingerprint density at radius 2 is 1.61 bits per heavy atom. The van der Waals surface area contributed by atoms with Crippen LogP contribution in [0, 0.1) is 20.8 Å². The van der Waals surface area contributed by atoms with E-state index in [1.54, 1.807) is 0 Å². The lowest BCUT2D eigenvalue weighted by Gasteiger charge is -2.32. The van der Waals surface area contributed by atoms with Gasteiger partial charge in [0, 0.05) is 19.6 Å². The van der Waals surface area contributed by atoms with Gasteiger partial charge in [-0.05, 0) is 50.4 Å². The molecule has 2 heteroatoms. The van der Waals surface area contributed by atoms with Crippen LogP contribution in [-0.2, 0) is 0 Å². The number of benzene rings is 2. The summed E-state index contributed by atoms with van der Waals surface area (Å²) >= 11 is 0. The quantitative estimate of drug-likeness (QED) is 0.922. The van der Waals surface area contributed by atoms with Crippen LogP contribution in [0.5, 0.6) is 0 Å². The van der Waals surface area contributed by atoms with Crippen molar-refractivity contribution in [1.82, 2.24) is 10.2 Å². The molecule has 1 N–H and O–H groups in total. The first-order valence-electron chi connectivity index (χ1n) is 8.73. The Hall–Kier alpha value is -1.64. The highest BCUT2D eigenvalue weighted by atomic mass is 15.2. The van der Waals surface area contributed by atoms with Gasteiger partial charge in [0.25, 0.3) is 0 Å². The average Bonchev–Trinajstić information content (AvgIpc) is 2.81. The molecule has 122 valence electrons. The number of nitrogens with zero attached hydrogens (tertiary/aromatic N) is 1. The van der Waals surface area contributed by atoms with Gasteiger partial charge in [-0.3, -0.25) is 4.90 Å². The zero-order chi connectivity index (χ0) is 16.2. The first kappa shape index (κ1) is 16.2. The predicted octanol–water partition coefficient (Wildman–Crippen LogP) is 4.00. The molecule has 3 rings (SSSR count). The molecule has 23 heavy (non-hydrogen) atoms. The topological polar surface area (TPSA) is 15.3 Å². The van der Waals surface area contributed by atoms with Crippen molar-refractivity contribution in [3.8, 4) is 0 Å². The Kier molecular flexibility index (Phi) is 5.14. The summed E-state index contributed by atoms with van der Waals surface area (Å²) in [4.78, 5) is 2.64. The molecule has 1 atom stereocenters. The molecule has 0 amide bonds. The van der Waals surface area contributed by atoms with Gasteiger partial charge in [-0.2, -0.15) is 0 Å². The minimum atomic E-state index is 0.357. The number of rotatable bonds is 3. The molecule has 2 nitrogen and oxygen atoms in total. The maximum Gasteiger partial charge on any atom is 0.0604 e. The summed E-state index contributed by atoms with van der Waals surface area (Å²) in [5.74, 6) is 0. The lowest BCUT2D eigenvalue weighted by Crippen LogP contribution is -2.33. The Morgan fingerprint density at radius 1 is 0.870 bits per heavy atom. The molecular weight excluding hydrogens is 280 g/mol. The second-order valence-electron chi connectivity index (χ2n) is 6.81. The number of nitrogens with one attached hydrogen (secondary N) is 1. The van der Waals surface area contributed by atoms with Gasteiger partial charge in [0.2, 0.25) is 0 Å². The predicted molar refractivity (Wildman–Crippen MR) is 98.0 cm³/mol. The molecule has 1 saturated heterocycles. The largest absolute Gasteiger partial charge is 0.315 e. The summed E-state index contributed by atoms with van der Waals surface area (Å²) < 4.78 is 0. The molecule has 0 spiro atoms. The molecule has 1 unspecified atom stereocenters. The highest BCUT2D eigenvalue weighted by Crippen LogP contribution is 2.31. The van der Waals surface area contributed by atoms with Gasteiger partial charge >= 0.3 is 0 Å². The second-order valence-corrected chi connectivity index (χ2v) is 6.81. The van der Waals surface area contributed by atoms with Crippen LogP contribution in [0.1, 0.15) is 40.3 Å². The Bertz CT molecular complexity index is 637. The van der Waals surface area contributed by atoms with Crippen molar-refractivity contribution in [3.05, 3.63) is 70.3 Å². The molecule has 0 saturated carbocycles. The van der Waals surface area contributed by atoms with E-state index in [1.165, 1.54) is 34.2 Å². The molecule has 1 heterocycles. The number of aryl methyl sites for hydroxylation is 3. The average molecular weight is 308 g/mol. The molecule has 2 aromatic carbocycles. The molecule has 1 aliphatic heterocycles. The first-order chi connectivity index (χ1) is 11.1. The Labute approximate surface area is 140 Å². The summed E-state index contributed by atoms with van der Waals surface area (Å²) in [5, 5.41) is 3.53. The van der Waals surface area contributed by atoms with Crippen LogP contribution in [0.4, 0.5) is 0 Å². The highest BCUT2D eigenvalue weighted by molar-refractivity contribution is 5.39. The molecule has 1 fully saturated rings. The van der Waals surface area contributed by atoms with E-state index in [9.17, 15) is 0 Å². The Balaban J connectivity index is 2.03. The standard InChI is InChI=1S/C21H28N2/c1-16-5-8-19(9-6-16)21(23-13-4-11-22-12-14-23)20-10-7-17(2)15-18(20)3/h5-10,15,21-22H,4,11-14H2,1-3H3. The van der Waals surface area contributed by atoms with Crippen molar-refractivity contribution in [1.29, 1.82) is 0 Å². The van der Waals surface area contributed by atoms with Crippen molar-refractivity contribution in [3.63, 3.8) is 0 Å². The van der Waals surface area contributed by atoms with Gasteiger partial charge in [-0.25, -0.2) is 0 Å². The molecule has 1 aliphatic rings. The van der Waals surface area contributed by atoms with E-state index in [2.05, 4.69) is 73.5 Å². The molecule has 0 aromatic heterocycles. The fourth-order valence-corrected chi connectivity index (χ4v) is 3.59. The summed E-state index contributed by atoms with van der Waals surface area (Å²) in [7, 11) is 0. The monoisotopic (exact) mass is 308 g/mol. The maximum absolute atomic E-state index is 3.53. The van der Waals surface area contributed by atoms with E-state index in [-0.39, 0.29) is 0 Å². The van der Waals surface area contributed by atoms with Crippen LogP contribution >= 0.6 is 0 Å². The molecule has 0 aliphatic carbocycles. The molecule has 0 bridgehead atoms. The van der Waals surface area contributed by atoms with Crippen LogP contribution in [0.3, 0.4) is 0 Å². The zero-order valence-corrected chi connectivity index (χ0v) is 14.6. The van der Waals surface area contributed by atoms with E-state index in [1.807, 2.05) is 0 Å². The summed E-state index contributed by atoms with van der Waals surface area (Å²) in [5.41, 5.74) is 6.91. The summed E-state index contributed by atoms with van der Waals surface area (Å²) in [6.07, 6.45) is 1.22. The summed E-state index contributed by atoms with van der Waals surface area (Å²) in [6, 6.07) is 16.3. The Morgan fingerprint density at radius 3 is 2.35 bits per heavy atom. The third-order valence-electron chi connectivity index (χ3n) is 4.85. The smallest absolute Gasteiger partial charge is 0.0604 e. The molecule has 0 radical (unpaired) electrons. The van der Waals surface area contributed by atoms with E-state index < -0.39 is 0 Å². The van der Waals surface area contributed by atoms with E-state index in [4.69, 9.17) is 0 Å². The number of hydrogen-bond acceptors (Lipinski definition) is 2. The van der Waals surface area contributed by atoms with Crippen molar-refractivity contribution in [2.45, 2.75) is 33.2 Å². The summed E-state index contributed by atoms with van der Waals surface area (Å²) in [6.45, 7) is 11.0. The van der Waals surface area contributed by atoms with Gasteiger partial charge in [-0.1, -0.05) is 53.6 Å². The van der Waals surface area contributed by atoms with Crippen molar-refractivity contribution >= 4 is 0 Å². The third kappa shape index (κ3) is 3.82. The van der Waals surface area contributed by atoms with Crippen LogP contribution in [0.2, 0.25) is 0 Å². The highest BCUT2D eigenvalue weighted by Gasteiger charge is 2.24. The zero-order valence-electron chi connectivity index (χ0n) is 14.6. The van der Waals surface area contributed by atoms with Crippen LogP contribution in [0.25, 0.3) is 0 Å². The van der Waals surface area contributed by atoms with Gasteiger partial charge in [0.15, 0.2) is 0 Å². The van der Waals surface area contributed by atoms with Gasteiger partial charge in [0.1, 0.15) is 0 Å². The fraction of sp³-hybridized carbons (Fsp3) is 0.429. The van der Waals surface area contributed by atoms with E-state index >= 15 is 0 Å². The van der Waals surface area contributed by atoms with E-state index in [0.29, 0.717) is 6.04 Å². The van der Waals surface area contributed by atoms with E-state index in [0.717, 1.165) is 26.2 Å².